The van der Waals surface area contributed by atoms with Gasteiger partial charge in [-0.3, -0.25) is 0 Å². The smallest absolute Gasteiger partial charge is 0.119 e. The van der Waals surface area contributed by atoms with Gasteiger partial charge in [0.15, 0.2) is 0 Å². The Labute approximate surface area is 104 Å². The van der Waals surface area contributed by atoms with Gasteiger partial charge in [0.05, 0.1) is 7.11 Å². The molecule has 0 saturated heterocycles. The van der Waals surface area contributed by atoms with Gasteiger partial charge in [-0.2, -0.15) is 0 Å². The summed E-state index contributed by atoms with van der Waals surface area (Å²) >= 11 is 0. The molecule has 2 N–H and O–H groups in total. The maximum atomic E-state index is 6.59. The van der Waals surface area contributed by atoms with Crippen LogP contribution in [0, 0.1) is 5.92 Å². The minimum atomic E-state index is -0.0232. The summed E-state index contributed by atoms with van der Waals surface area (Å²) in [6.07, 6.45) is 5.97. The van der Waals surface area contributed by atoms with Crippen LogP contribution in [-0.4, -0.2) is 12.6 Å². The summed E-state index contributed by atoms with van der Waals surface area (Å²) in [5.41, 5.74) is 7.85. The number of methoxy groups -OCH3 is 1. The molecule has 0 bridgehead atoms. The molecule has 1 aromatic rings. The van der Waals surface area contributed by atoms with Crippen LogP contribution in [0.25, 0.3) is 0 Å². The monoisotopic (exact) mass is 233 g/mol. The minimum Gasteiger partial charge on any atom is -0.497 e. The van der Waals surface area contributed by atoms with Gasteiger partial charge in [-0.05, 0) is 42.9 Å². The fraction of sp³-hybridized carbons (Fsp3) is 0.600. The Kier molecular flexibility index (Phi) is 3.72. The van der Waals surface area contributed by atoms with Crippen molar-refractivity contribution in [2.75, 3.05) is 7.11 Å². The lowest BCUT2D eigenvalue weighted by molar-refractivity contribution is 0.204. The van der Waals surface area contributed by atoms with Crippen LogP contribution >= 0.6 is 0 Å². The molecule has 17 heavy (non-hydrogen) atoms. The van der Waals surface area contributed by atoms with Crippen molar-refractivity contribution in [2.24, 2.45) is 11.7 Å². The van der Waals surface area contributed by atoms with Gasteiger partial charge in [-0.25, -0.2) is 0 Å². The van der Waals surface area contributed by atoms with Gasteiger partial charge in [-0.1, -0.05) is 31.9 Å². The number of hydrogen-bond acceptors (Lipinski definition) is 2. The van der Waals surface area contributed by atoms with E-state index in [1.54, 1.807) is 7.11 Å². The van der Waals surface area contributed by atoms with Gasteiger partial charge in [0.1, 0.15) is 5.75 Å². The Morgan fingerprint density at radius 1 is 1.41 bits per heavy atom. The van der Waals surface area contributed by atoms with E-state index in [4.69, 9.17) is 10.5 Å². The van der Waals surface area contributed by atoms with Crippen LogP contribution in [0.2, 0.25) is 0 Å². The fourth-order valence-corrected chi connectivity index (χ4v) is 2.86. The maximum Gasteiger partial charge on any atom is 0.119 e. The van der Waals surface area contributed by atoms with Gasteiger partial charge >= 0.3 is 0 Å². The Bertz CT molecular complexity index is 377. The van der Waals surface area contributed by atoms with Crippen LogP contribution in [-0.2, 0) is 6.42 Å². The SMILES string of the molecule is COc1cccc(CC2(N)CCCCC2C)c1. The molecule has 0 spiro atoms. The zero-order valence-electron chi connectivity index (χ0n) is 10.9. The van der Waals surface area contributed by atoms with Crippen LogP contribution in [0.4, 0.5) is 0 Å². The number of ether oxygens (including phenoxy) is 1. The van der Waals surface area contributed by atoms with E-state index in [2.05, 4.69) is 19.1 Å². The first-order valence-corrected chi connectivity index (χ1v) is 6.56. The Balaban J connectivity index is 2.13. The summed E-state index contributed by atoms with van der Waals surface area (Å²) in [7, 11) is 1.71. The molecular formula is C15H23NO. The molecule has 2 heteroatoms. The molecule has 94 valence electrons. The molecule has 1 aliphatic rings. The van der Waals surface area contributed by atoms with Crippen LogP contribution < -0.4 is 10.5 Å². The van der Waals surface area contributed by atoms with Gasteiger partial charge in [0.2, 0.25) is 0 Å². The molecule has 0 radical (unpaired) electrons. The highest BCUT2D eigenvalue weighted by molar-refractivity contribution is 5.29. The number of hydrogen-bond donors (Lipinski definition) is 1. The Morgan fingerprint density at radius 3 is 2.94 bits per heavy atom. The van der Waals surface area contributed by atoms with Crippen LogP contribution in [0.5, 0.6) is 5.75 Å². The quantitative estimate of drug-likeness (QED) is 0.870. The van der Waals surface area contributed by atoms with Crippen molar-refractivity contribution >= 4 is 0 Å². The third-order valence-corrected chi connectivity index (χ3v) is 4.18. The van der Waals surface area contributed by atoms with Crippen LogP contribution in [0.15, 0.2) is 24.3 Å². The summed E-state index contributed by atoms with van der Waals surface area (Å²) in [5.74, 6) is 1.54. The standard InChI is InChI=1S/C15H23NO/c1-12-6-3-4-9-15(12,16)11-13-7-5-8-14(10-13)17-2/h5,7-8,10,12H,3-4,6,9,11,16H2,1-2H3. The summed E-state index contributed by atoms with van der Waals surface area (Å²) in [5, 5.41) is 0. The second kappa shape index (κ2) is 5.09. The second-order valence-corrected chi connectivity index (χ2v) is 5.41. The van der Waals surface area contributed by atoms with E-state index < -0.39 is 0 Å². The predicted octanol–water partition coefficient (Wildman–Crippen LogP) is 3.15. The molecule has 2 unspecified atom stereocenters. The van der Waals surface area contributed by atoms with Crippen molar-refractivity contribution < 1.29 is 4.74 Å². The summed E-state index contributed by atoms with van der Waals surface area (Å²) < 4.78 is 5.26. The normalized spacial score (nSPS) is 29.0. The lowest BCUT2D eigenvalue weighted by atomic mass is 9.71. The average Bonchev–Trinajstić information content (AvgIpc) is 2.33. The van der Waals surface area contributed by atoms with Gasteiger partial charge in [0, 0.05) is 5.54 Å². The largest absolute Gasteiger partial charge is 0.497 e. The lowest BCUT2D eigenvalue weighted by Gasteiger charge is -2.39. The van der Waals surface area contributed by atoms with Crippen molar-refractivity contribution in [1.82, 2.24) is 0 Å². The van der Waals surface area contributed by atoms with E-state index in [0.29, 0.717) is 5.92 Å². The number of rotatable bonds is 3. The fourth-order valence-electron chi connectivity index (χ4n) is 2.86. The van der Waals surface area contributed by atoms with Crippen molar-refractivity contribution in [3.63, 3.8) is 0 Å². The maximum absolute atomic E-state index is 6.59. The zero-order chi connectivity index (χ0) is 12.3. The van der Waals surface area contributed by atoms with Gasteiger partial charge in [0.25, 0.3) is 0 Å². The second-order valence-electron chi connectivity index (χ2n) is 5.41. The van der Waals surface area contributed by atoms with Crippen LogP contribution in [0.1, 0.15) is 38.2 Å². The molecule has 1 aromatic carbocycles. The molecule has 0 heterocycles. The highest BCUT2D eigenvalue weighted by Crippen LogP contribution is 2.34. The summed E-state index contributed by atoms with van der Waals surface area (Å²) in [6.45, 7) is 2.29. The van der Waals surface area contributed by atoms with Crippen molar-refractivity contribution in [3.05, 3.63) is 29.8 Å². The number of benzene rings is 1. The first-order chi connectivity index (χ1) is 8.14. The summed E-state index contributed by atoms with van der Waals surface area (Å²) in [6, 6.07) is 8.29. The molecule has 1 saturated carbocycles. The molecule has 2 rings (SSSR count). The summed E-state index contributed by atoms with van der Waals surface area (Å²) in [4.78, 5) is 0. The zero-order valence-corrected chi connectivity index (χ0v) is 10.9. The first kappa shape index (κ1) is 12.4. The van der Waals surface area contributed by atoms with Gasteiger partial charge in [-0.15, -0.1) is 0 Å². The third-order valence-electron chi connectivity index (χ3n) is 4.18. The predicted molar refractivity (Wildman–Crippen MR) is 71.2 cm³/mol. The molecule has 0 aromatic heterocycles. The molecular weight excluding hydrogens is 210 g/mol. The van der Waals surface area contributed by atoms with E-state index in [9.17, 15) is 0 Å². The Morgan fingerprint density at radius 2 is 2.24 bits per heavy atom. The molecule has 0 amide bonds. The first-order valence-electron chi connectivity index (χ1n) is 6.56. The molecule has 0 aliphatic heterocycles. The van der Waals surface area contributed by atoms with E-state index in [-0.39, 0.29) is 5.54 Å². The molecule has 2 atom stereocenters. The Hall–Kier alpha value is -1.02. The van der Waals surface area contributed by atoms with E-state index in [1.165, 1.54) is 24.8 Å². The lowest BCUT2D eigenvalue weighted by Crippen LogP contribution is -2.49. The van der Waals surface area contributed by atoms with Crippen molar-refractivity contribution in [1.29, 1.82) is 0 Å². The third kappa shape index (κ3) is 2.81. The topological polar surface area (TPSA) is 35.2 Å². The van der Waals surface area contributed by atoms with Crippen molar-refractivity contribution in [2.45, 2.75) is 44.6 Å². The molecule has 2 nitrogen and oxygen atoms in total. The average molecular weight is 233 g/mol. The van der Waals surface area contributed by atoms with Crippen LogP contribution in [0.3, 0.4) is 0 Å². The highest BCUT2D eigenvalue weighted by atomic mass is 16.5. The van der Waals surface area contributed by atoms with E-state index in [0.717, 1.165) is 18.6 Å². The van der Waals surface area contributed by atoms with E-state index >= 15 is 0 Å². The minimum absolute atomic E-state index is 0.0232. The highest BCUT2D eigenvalue weighted by Gasteiger charge is 2.34. The molecule has 1 aliphatic carbocycles. The molecule has 1 fully saturated rings. The number of nitrogens with two attached hydrogens (primary N) is 1. The van der Waals surface area contributed by atoms with E-state index in [1.807, 2.05) is 12.1 Å². The van der Waals surface area contributed by atoms with Crippen molar-refractivity contribution in [3.8, 4) is 5.75 Å². The van der Waals surface area contributed by atoms with Gasteiger partial charge < -0.3 is 10.5 Å².